The number of unbranched alkanes of at least 4 members (excludes halogenated alkanes) is 1. The number of carbonyl (C=O) groups is 1. The van der Waals surface area contributed by atoms with Gasteiger partial charge in [0, 0.05) is 20.9 Å². The number of benzene rings is 1. The van der Waals surface area contributed by atoms with Gasteiger partial charge in [-0.2, -0.15) is 0 Å². The molecule has 0 bridgehead atoms. The van der Waals surface area contributed by atoms with Crippen LogP contribution in [0.2, 0.25) is 0 Å². The van der Waals surface area contributed by atoms with Gasteiger partial charge >= 0.3 is 0 Å². The summed E-state index contributed by atoms with van der Waals surface area (Å²) in [6, 6.07) is 10.6. The van der Waals surface area contributed by atoms with E-state index < -0.39 is 0 Å². The molecule has 3 aliphatic rings. The quantitative estimate of drug-likeness (QED) is 0.453. The molecule has 2 aliphatic heterocycles. The molecular formula is C29H48N2O2. The van der Waals surface area contributed by atoms with Crippen molar-refractivity contribution in [3.8, 4) is 0 Å². The van der Waals surface area contributed by atoms with E-state index in [-0.39, 0.29) is 18.5 Å². The first-order valence-electron chi connectivity index (χ1n) is 13.1. The van der Waals surface area contributed by atoms with Crippen LogP contribution in [0.4, 0.5) is 0 Å². The molecule has 1 aromatic carbocycles. The van der Waals surface area contributed by atoms with Crippen molar-refractivity contribution >= 4 is 5.91 Å². The molecule has 2 atom stereocenters. The third kappa shape index (κ3) is 7.82. The van der Waals surface area contributed by atoms with Crippen LogP contribution in [0.3, 0.4) is 0 Å². The van der Waals surface area contributed by atoms with Gasteiger partial charge in [0.05, 0.1) is 6.61 Å². The first-order chi connectivity index (χ1) is 16.0. The first kappa shape index (κ1) is 27.3. The molecule has 2 unspecified atom stereocenters. The van der Waals surface area contributed by atoms with E-state index >= 15 is 0 Å². The first-order valence-corrected chi connectivity index (χ1v) is 13.1. The van der Waals surface area contributed by atoms with Gasteiger partial charge in [-0.3, -0.25) is 9.69 Å². The Balaban J connectivity index is 0.000000751. The number of amides is 1. The highest BCUT2D eigenvalue weighted by atomic mass is 16.6. The second kappa shape index (κ2) is 13.7. The van der Waals surface area contributed by atoms with Crippen molar-refractivity contribution in [3.63, 3.8) is 0 Å². The van der Waals surface area contributed by atoms with E-state index in [2.05, 4.69) is 73.4 Å². The molecule has 4 rings (SSSR count). The second-order valence-electron chi connectivity index (χ2n) is 9.37. The molecule has 2 N–H and O–H groups in total. The monoisotopic (exact) mass is 456 g/mol. The van der Waals surface area contributed by atoms with Crippen LogP contribution in [0.5, 0.6) is 0 Å². The lowest BCUT2D eigenvalue weighted by Gasteiger charge is -2.47. The third-order valence-corrected chi connectivity index (χ3v) is 7.25. The number of piperidine rings is 1. The van der Waals surface area contributed by atoms with E-state index in [1.807, 2.05) is 13.8 Å². The summed E-state index contributed by atoms with van der Waals surface area (Å²) in [5.74, 6) is 0.241. The van der Waals surface area contributed by atoms with Crippen molar-refractivity contribution < 1.29 is 11.0 Å². The van der Waals surface area contributed by atoms with Crippen LogP contribution in [0.1, 0.15) is 79.6 Å². The number of likely N-dealkylation sites (tertiary alicyclic amines) is 1. The number of rotatable bonds is 8. The second-order valence-corrected chi connectivity index (χ2v) is 9.37. The number of hydrogen-bond donors (Lipinski definition) is 1. The smallest absolute Gasteiger partial charge is 0.217 e. The normalized spacial score (nSPS) is 25.3. The summed E-state index contributed by atoms with van der Waals surface area (Å²) in [6.45, 7) is 11.2. The minimum atomic E-state index is -0.173. The average Bonchev–Trinajstić information content (AvgIpc) is 3.66. The topological polar surface area (TPSA) is 58.9 Å². The van der Waals surface area contributed by atoms with Crippen molar-refractivity contribution in [2.45, 2.75) is 84.8 Å². The number of allylic oxidation sites excluding steroid dienone is 4. The summed E-state index contributed by atoms with van der Waals surface area (Å²) in [6.07, 6.45) is 16.9. The standard InChI is InChI=1S/C23H30N2O2.C4H10.C2H6.H2/c24-21(26)17-22(20-9-5-2-6-10-20)13-15-25(16-14-22)23(18-27-23)12-11-19-7-3-1-4-8-19;1-3-4-2;1-2;/h1-9,20H,10-18H2,(H2,24,26);3-4H2,1-2H3;1-2H3;1H. The zero-order valence-corrected chi connectivity index (χ0v) is 21.4. The van der Waals surface area contributed by atoms with Crippen LogP contribution in [0.25, 0.3) is 0 Å². The van der Waals surface area contributed by atoms with Crippen LogP contribution in [0.15, 0.2) is 54.6 Å². The predicted molar refractivity (Wildman–Crippen MR) is 141 cm³/mol. The van der Waals surface area contributed by atoms with Gasteiger partial charge in [-0.15, -0.1) is 0 Å². The van der Waals surface area contributed by atoms with Crippen LogP contribution in [-0.4, -0.2) is 36.2 Å². The maximum atomic E-state index is 11.8. The fourth-order valence-corrected chi connectivity index (χ4v) is 4.97. The van der Waals surface area contributed by atoms with Crippen molar-refractivity contribution in [2.75, 3.05) is 19.7 Å². The van der Waals surface area contributed by atoms with E-state index in [1.165, 1.54) is 18.4 Å². The van der Waals surface area contributed by atoms with E-state index in [0.717, 1.165) is 51.8 Å². The fourth-order valence-electron chi connectivity index (χ4n) is 4.97. The molecule has 186 valence electrons. The highest BCUT2D eigenvalue weighted by Gasteiger charge is 2.53. The van der Waals surface area contributed by atoms with Gasteiger partial charge in [-0.05, 0) is 49.0 Å². The number of ether oxygens (including phenoxy) is 1. The summed E-state index contributed by atoms with van der Waals surface area (Å²) in [7, 11) is 0. The fraction of sp³-hybridized carbons (Fsp3) is 0.621. The molecule has 2 heterocycles. The summed E-state index contributed by atoms with van der Waals surface area (Å²) < 4.78 is 5.96. The van der Waals surface area contributed by atoms with Gasteiger partial charge in [-0.1, -0.05) is 95.2 Å². The van der Waals surface area contributed by atoms with Crippen molar-refractivity contribution in [2.24, 2.45) is 17.1 Å². The Morgan fingerprint density at radius 3 is 2.24 bits per heavy atom. The minimum absolute atomic E-state index is 0. The minimum Gasteiger partial charge on any atom is -0.370 e. The van der Waals surface area contributed by atoms with Gasteiger partial charge in [0.2, 0.25) is 5.91 Å². The number of primary amides is 1. The SMILES string of the molecule is CC.CCCC.NC(=O)CC1(C2C=CC=CC2)CCN(C2(CCc3ccccc3)CO2)CC1.[HH]. The van der Waals surface area contributed by atoms with Gasteiger partial charge in [0.25, 0.3) is 0 Å². The Labute approximate surface area is 203 Å². The molecule has 0 radical (unpaired) electrons. The van der Waals surface area contributed by atoms with Crippen molar-refractivity contribution in [3.05, 3.63) is 60.2 Å². The molecule has 1 amide bonds. The molecule has 0 saturated carbocycles. The predicted octanol–water partition coefficient (Wildman–Crippen LogP) is 6.51. The lowest BCUT2D eigenvalue weighted by molar-refractivity contribution is -0.122. The highest BCUT2D eigenvalue weighted by molar-refractivity contribution is 5.74. The number of epoxide rings is 1. The van der Waals surface area contributed by atoms with E-state index in [1.54, 1.807) is 0 Å². The van der Waals surface area contributed by atoms with Crippen molar-refractivity contribution in [1.82, 2.24) is 4.90 Å². The van der Waals surface area contributed by atoms with Crippen LogP contribution in [-0.2, 0) is 16.0 Å². The van der Waals surface area contributed by atoms with Gasteiger partial charge in [0.1, 0.15) is 5.72 Å². The molecular weight excluding hydrogens is 408 g/mol. The maximum absolute atomic E-state index is 11.8. The zero-order chi connectivity index (χ0) is 24.2. The molecule has 0 spiro atoms. The zero-order valence-electron chi connectivity index (χ0n) is 21.4. The summed E-state index contributed by atoms with van der Waals surface area (Å²) in [5.41, 5.74) is 6.92. The number of nitrogens with zero attached hydrogens (tertiary/aromatic N) is 1. The van der Waals surface area contributed by atoms with E-state index in [9.17, 15) is 4.79 Å². The number of hydrogen-bond acceptors (Lipinski definition) is 3. The van der Waals surface area contributed by atoms with E-state index in [0.29, 0.717) is 12.3 Å². The largest absolute Gasteiger partial charge is 0.370 e. The summed E-state index contributed by atoms with van der Waals surface area (Å²) in [5, 5.41) is 0. The molecule has 2 fully saturated rings. The van der Waals surface area contributed by atoms with Crippen LogP contribution < -0.4 is 5.73 Å². The third-order valence-electron chi connectivity index (χ3n) is 7.25. The number of nitrogens with two attached hydrogens (primary N) is 1. The molecule has 2 saturated heterocycles. The molecule has 4 nitrogen and oxygen atoms in total. The molecule has 4 heteroatoms. The summed E-state index contributed by atoms with van der Waals surface area (Å²) >= 11 is 0. The average molecular weight is 457 g/mol. The molecule has 1 aromatic rings. The van der Waals surface area contributed by atoms with Gasteiger partial charge in [0.15, 0.2) is 0 Å². The highest BCUT2D eigenvalue weighted by Crippen LogP contribution is 2.48. The van der Waals surface area contributed by atoms with Crippen LogP contribution >= 0.6 is 0 Å². The Morgan fingerprint density at radius 2 is 1.76 bits per heavy atom. The Kier molecular flexibility index (Phi) is 11.4. The van der Waals surface area contributed by atoms with E-state index in [4.69, 9.17) is 10.5 Å². The van der Waals surface area contributed by atoms with Gasteiger partial charge in [-0.25, -0.2) is 0 Å². The Morgan fingerprint density at radius 1 is 1.12 bits per heavy atom. The number of carbonyl (C=O) groups excluding carboxylic acids is 1. The van der Waals surface area contributed by atoms with Crippen molar-refractivity contribution in [1.29, 1.82) is 0 Å². The van der Waals surface area contributed by atoms with Crippen LogP contribution in [0, 0.1) is 11.3 Å². The maximum Gasteiger partial charge on any atom is 0.217 e. The number of aryl methyl sites for hydroxylation is 1. The Bertz CT molecular complexity index is 749. The lowest BCUT2D eigenvalue weighted by atomic mass is 9.64. The summed E-state index contributed by atoms with van der Waals surface area (Å²) in [4.78, 5) is 14.3. The molecule has 1 aliphatic carbocycles. The van der Waals surface area contributed by atoms with Gasteiger partial charge < -0.3 is 10.5 Å². The molecule has 0 aromatic heterocycles. The molecule has 33 heavy (non-hydrogen) atoms. The lowest BCUT2D eigenvalue weighted by Crippen LogP contribution is -2.50. The Hall–Kier alpha value is -1.91.